The highest BCUT2D eigenvalue weighted by molar-refractivity contribution is 5.90. The number of hydrogen-bond donors (Lipinski definition) is 2. The highest BCUT2D eigenvalue weighted by Crippen LogP contribution is 2.34. The molecule has 0 aromatic heterocycles. The highest BCUT2D eigenvalue weighted by Gasteiger charge is 2.46. The third-order valence-corrected chi connectivity index (χ3v) is 4.78. The Balaban J connectivity index is 1.86. The van der Waals surface area contributed by atoms with Crippen LogP contribution in [0.1, 0.15) is 24.2 Å². The molecule has 0 radical (unpaired) electrons. The first-order valence-corrected chi connectivity index (χ1v) is 9.75. The van der Waals surface area contributed by atoms with Gasteiger partial charge in [-0.15, -0.1) is 0 Å². The average Bonchev–Trinajstić information content (AvgIpc) is 3.06. The van der Waals surface area contributed by atoms with Crippen molar-refractivity contribution in [2.75, 3.05) is 25.6 Å². The van der Waals surface area contributed by atoms with Gasteiger partial charge in [0.25, 0.3) is 0 Å². The quantitative estimate of drug-likeness (QED) is 0.629. The number of ether oxygens (including phenoxy) is 2. The number of halogens is 1. The lowest BCUT2D eigenvalue weighted by atomic mass is 10.0. The van der Waals surface area contributed by atoms with Crippen molar-refractivity contribution in [2.24, 2.45) is 0 Å². The third kappa shape index (κ3) is 5.58. The van der Waals surface area contributed by atoms with Gasteiger partial charge in [0.15, 0.2) is 12.1 Å². The molecule has 0 spiro atoms. The second-order valence-corrected chi connectivity index (χ2v) is 7.09. The summed E-state index contributed by atoms with van der Waals surface area (Å²) in [5.74, 6) is -0.986. The normalized spacial score (nSPS) is 17.9. The molecule has 0 bridgehead atoms. The lowest BCUT2D eigenvalue weighted by molar-refractivity contribution is -0.126. The first-order chi connectivity index (χ1) is 14.9. The number of benzene rings is 2. The molecule has 2 atom stereocenters. The number of amides is 3. The van der Waals surface area contributed by atoms with Crippen molar-refractivity contribution in [1.29, 1.82) is 0 Å². The summed E-state index contributed by atoms with van der Waals surface area (Å²) in [7, 11) is 1.52. The van der Waals surface area contributed by atoms with E-state index in [-0.39, 0.29) is 24.9 Å². The maximum Gasteiger partial charge on any atom is 0.411 e. The van der Waals surface area contributed by atoms with Crippen molar-refractivity contribution >= 4 is 23.6 Å². The Morgan fingerprint density at radius 3 is 2.42 bits per heavy atom. The minimum absolute atomic E-state index is 0.0853. The van der Waals surface area contributed by atoms with Crippen LogP contribution in [0.4, 0.5) is 14.9 Å². The predicted molar refractivity (Wildman–Crippen MR) is 111 cm³/mol. The second kappa shape index (κ2) is 10.0. The zero-order chi connectivity index (χ0) is 22.4. The number of nitrogens with one attached hydrogen (secondary N) is 2. The van der Waals surface area contributed by atoms with Crippen LogP contribution in [0.5, 0.6) is 0 Å². The van der Waals surface area contributed by atoms with Crippen LogP contribution >= 0.6 is 0 Å². The van der Waals surface area contributed by atoms with Crippen LogP contribution in [0.15, 0.2) is 48.5 Å². The number of cyclic esters (lactones) is 1. The number of anilines is 1. The van der Waals surface area contributed by atoms with E-state index in [0.29, 0.717) is 23.4 Å². The summed E-state index contributed by atoms with van der Waals surface area (Å²) in [6.07, 6.45) is -1.49. The fourth-order valence-electron chi connectivity index (χ4n) is 3.34. The Labute approximate surface area is 179 Å². The van der Waals surface area contributed by atoms with Crippen molar-refractivity contribution < 1.29 is 28.2 Å². The van der Waals surface area contributed by atoms with E-state index >= 15 is 0 Å². The maximum absolute atomic E-state index is 13.2. The lowest BCUT2D eigenvalue weighted by Gasteiger charge is -2.24. The maximum atomic E-state index is 13.2. The van der Waals surface area contributed by atoms with E-state index in [1.807, 2.05) is 0 Å². The molecule has 3 rings (SSSR count). The summed E-state index contributed by atoms with van der Waals surface area (Å²) in [5, 5.41) is 5.42. The van der Waals surface area contributed by atoms with Gasteiger partial charge in [0.2, 0.25) is 11.8 Å². The van der Waals surface area contributed by atoms with Crippen molar-refractivity contribution in [2.45, 2.75) is 25.6 Å². The summed E-state index contributed by atoms with van der Waals surface area (Å²) < 4.78 is 23.8. The Bertz CT molecular complexity index is 933. The van der Waals surface area contributed by atoms with Crippen LogP contribution in [0.25, 0.3) is 0 Å². The van der Waals surface area contributed by atoms with Crippen molar-refractivity contribution in [3.8, 4) is 0 Å². The van der Waals surface area contributed by atoms with E-state index in [4.69, 9.17) is 9.47 Å². The molecule has 1 aliphatic rings. The molecule has 9 heteroatoms. The summed E-state index contributed by atoms with van der Waals surface area (Å²) in [6.45, 7) is 2.09. The van der Waals surface area contributed by atoms with Gasteiger partial charge in [0.05, 0.1) is 13.2 Å². The largest absolute Gasteiger partial charge is 0.438 e. The molecular formula is C22H24FN3O5. The summed E-state index contributed by atoms with van der Waals surface area (Å²) in [6, 6.07) is 11.5. The van der Waals surface area contributed by atoms with Crippen LogP contribution in [-0.2, 0) is 25.6 Å². The van der Waals surface area contributed by atoms with Gasteiger partial charge in [-0.25, -0.2) is 9.18 Å². The lowest BCUT2D eigenvalue weighted by Crippen LogP contribution is -2.47. The van der Waals surface area contributed by atoms with Crippen LogP contribution in [0.3, 0.4) is 0 Å². The van der Waals surface area contributed by atoms with Gasteiger partial charge < -0.3 is 20.1 Å². The van der Waals surface area contributed by atoms with Crippen LogP contribution in [-0.4, -0.2) is 49.1 Å². The molecule has 0 saturated carbocycles. The predicted octanol–water partition coefficient (Wildman–Crippen LogP) is 2.61. The number of carbonyl (C=O) groups is 3. The fourth-order valence-corrected chi connectivity index (χ4v) is 3.34. The SMILES string of the molecule is COCCNC(=O)C1C(c2ccc(NC(C)=O)cc2)OC(=O)N1Cc1ccc(F)cc1. The molecular weight excluding hydrogens is 405 g/mol. The van der Waals surface area contributed by atoms with Gasteiger partial charge in [-0.1, -0.05) is 24.3 Å². The van der Waals surface area contributed by atoms with E-state index in [1.54, 1.807) is 36.4 Å². The van der Waals surface area contributed by atoms with Crippen LogP contribution in [0.2, 0.25) is 0 Å². The Morgan fingerprint density at radius 2 is 1.81 bits per heavy atom. The first kappa shape index (κ1) is 22.2. The average molecular weight is 429 g/mol. The van der Waals surface area contributed by atoms with Gasteiger partial charge in [-0.2, -0.15) is 0 Å². The molecule has 1 fully saturated rings. The van der Waals surface area contributed by atoms with Crippen molar-refractivity contribution in [3.63, 3.8) is 0 Å². The van der Waals surface area contributed by atoms with E-state index in [1.165, 1.54) is 31.1 Å². The smallest absolute Gasteiger partial charge is 0.411 e. The van der Waals surface area contributed by atoms with E-state index < -0.39 is 24.1 Å². The van der Waals surface area contributed by atoms with Gasteiger partial charge in [-0.3, -0.25) is 14.5 Å². The van der Waals surface area contributed by atoms with Crippen LogP contribution < -0.4 is 10.6 Å². The molecule has 2 aromatic rings. The Hall–Kier alpha value is -3.46. The standard InChI is InChI=1S/C22H24FN3O5/c1-14(27)25-18-9-5-16(6-10-18)20-19(21(28)24-11-12-30-2)26(22(29)31-20)13-15-3-7-17(23)8-4-15/h3-10,19-20H,11-13H2,1-2H3,(H,24,28)(H,25,27). The second-order valence-electron chi connectivity index (χ2n) is 7.09. The molecule has 164 valence electrons. The van der Waals surface area contributed by atoms with E-state index in [9.17, 15) is 18.8 Å². The minimum Gasteiger partial charge on any atom is -0.438 e. The van der Waals surface area contributed by atoms with Crippen molar-refractivity contribution in [1.82, 2.24) is 10.2 Å². The summed E-state index contributed by atoms with van der Waals surface area (Å²) in [4.78, 5) is 38.2. The zero-order valence-corrected chi connectivity index (χ0v) is 17.3. The van der Waals surface area contributed by atoms with Gasteiger partial charge in [0.1, 0.15) is 5.82 Å². The van der Waals surface area contributed by atoms with Crippen LogP contribution in [0, 0.1) is 5.82 Å². The molecule has 3 amide bonds. The molecule has 2 unspecified atom stereocenters. The molecule has 2 N–H and O–H groups in total. The molecule has 8 nitrogen and oxygen atoms in total. The van der Waals surface area contributed by atoms with Gasteiger partial charge >= 0.3 is 6.09 Å². The zero-order valence-electron chi connectivity index (χ0n) is 17.3. The molecule has 1 heterocycles. The number of methoxy groups -OCH3 is 1. The number of rotatable bonds is 8. The Morgan fingerprint density at radius 1 is 1.13 bits per heavy atom. The molecule has 0 aliphatic carbocycles. The number of hydrogen-bond acceptors (Lipinski definition) is 5. The summed E-state index contributed by atoms with van der Waals surface area (Å²) >= 11 is 0. The highest BCUT2D eigenvalue weighted by atomic mass is 19.1. The number of carbonyl (C=O) groups excluding carboxylic acids is 3. The van der Waals surface area contributed by atoms with E-state index in [2.05, 4.69) is 10.6 Å². The van der Waals surface area contributed by atoms with Gasteiger partial charge in [-0.05, 0) is 35.4 Å². The molecule has 1 aliphatic heterocycles. The van der Waals surface area contributed by atoms with Gasteiger partial charge in [0, 0.05) is 26.3 Å². The Kier molecular flexibility index (Phi) is 7.19. The first-order valence-electron chi connectivity index (χ1n) is 9.75. The number of nitrogens with zero attached hydrogens (tertiary/aromatic N) is 1. The molecule has 31 heavy (non-hydrogen) atoms. The minimum atomic E-state index is -0.930. The molecule has 2 aromatic carbocycles. The molecule has 1 saturated heterocycles. The topological polar surface area (TPSA) is 97.0 Å². The monoisotopic (exact) mass is 429 g/mol. The van der Waals surface area contributed by atoms with Crippen molar-refractivity contribution in [3.05, 3.63) is 65.5 Å². The van der Waals surface area contributed by atoms with E-state index in [0.717, 1.165) is 0 Å². The summed E-state index contributed by atoms with van der Waals surface area (Å²) in [5.41, 5.74) is 1.86. The fraction of sp³-hybridized carbons (Fsp3) is 0.318. The third-order valence-electron chi connectivity index (χ3n) is 4.78.